The predicted molar refractivity (Wildman–Crippen MR) is 88.3 cm³/mol. The Morgan fingerprint density at radius 3 is 2.88 bits per heavy atom. The Kier molecular flexibility index (Phi) is 4.66. The molecular weight excluding hydrogens is 330 g/mol. The summed E-state index contributed by atoms with van der Waals surface area (Å²) in [6.07, 6.45) is 4.90. The summed E-state index contributed by atoms with van der Waals surface area (Å²) in [6, 6.07) is 6.50. The molecule has 124 valence electrons. The quantitative estimate of drug-likeness (QED) is 0.854. The topological polar surface area (TPSA) is 101 Å². The maximum absolute atomic E-state index is 12.4. The molecule has 0 bridgehead atoms. The van der Waals surface area contributed by atoms with Crippen LogP contribution in [0.2, 0.25) is 0 Å². The molecule has 1 atom stereocenters. The van der Waals surface area contributed by atoms with E-state index in [0.29, 0.717) is 35.1 Å². The van der Waals surface area contributed by atoms with Gasteiger partial charge in [-0.25, -0.2) is 9.78 Å². The smallest absolute Gasteiger partial charge is 0.330 e. The van der Waals surface area contributed by atoms with Crippen LogP contribution < -0.4 is 10.1 Å². The zero-order valence-electron chi connectivity index (χ0n) is 12.6. The molecule has 0 radical (unpaired) electrons. The van der Waals surface area contributed by atoms with Crippen LogP contribution in [0.3, 0.4) is 0 Å². The predicted octanol–water partition coefficient (Wildman–Crippen LogP) is 1.96. The summed E-state index contributed by atoms with van der Waals surface area (Å²) in [7, 11) is 0. The largest absolute Gasteiger partial charge is 0.479 e. The molecule has 0 aliphatic carbocycles. The van der Waals surface area contributed by atoms with Crippen molar-refractivity contribution < 1.29 is 19.4 Å². The number of ether oxygens (including phenoxy) is 1. The molecule has 1 fully saturated rings. The van der Waals surface area contributed by atoms with E-state index in [9.17, 15) is 14.7 Å². The number of thioether (sulfide) groups is 1. The Bertz CT molecular complexity index is 748. The number of hydrogen-bond acceptors (Lipinski definition) is 6. The van der Waals surface area contributed by atoms with Gasteiger partial charge < -0.3 is 15.2 Å². The van der Waals surface area contributed by atoms with E-state index in [1.54, 1.807) is 24.3 Å². The van der Waals surface area contributed by atoms with Crippen LogP contribution in [0, 0.1) is 0 Å². The Morgan fingerprint density at radius 1 is 1.33 bits per heavy atom. The molecule has 3 rings (SSSR count). The van der Waals surface area contributed by atoms with Crippen LogP contribution in [0.25, 0.3) is 0 Å². The number of rotatable bonds is 5. The Hall–Kier alpha value is -2.61. The SMILES string of the molecule is O=C(NC1(C(=O)O)CCSC1)c1cccc(Oc2cnccn2)c1. The van der Waals surface area contributed by atoms with Crippen LogP contribution in [-0.2, 0) is 4.79 Å². The third-order valence-corrected chi connectivity index (χ3v) is 4.83. The summed E-state index contributed by atoms with van der Waals surface area (Å²) in [4.78, 5) is 31.9. The highest BCUT2D eigenvalue weighted by molar-refractivity contribution is 7.99. The molecule has 1 saturated heterocycles. The lowest BCUT2D eigenvalue weighted by atomic mass is 9.98. The van der Waals surface area contributed by atoms with E-state index < -0.39 is 17.4 Å². The minimum absolute atomic E-state index is 0.309. The van der Waals surface area contributed by atoms with E-state index in [-0.39, 0.29) is 0 Å². The molecule has 2 N–H and O–H groups in total. The number of carbonyl (C=O) groups excluding carboxylic acids is 1. The van der Waals surface area contributed by atoms with Crippen molar-refractivity contribution >= 4 is 23.6 Å². The molecular formula is C16H15N3O4S. The van der Waals surface area contributed by atoms with Crippen molar-refractivity contribution in [3.05, 3.63) is 48.4 Å². The average molecular weight is 345 g/mol. The highest BCUT2D eigenvalue weighted by atomic mass is 32.2. The van der Waals surface area contributed by atoms with Gasteiger partial charge in [0.25, 0.3) is 5.91 Å². The number of hydrogen-bond donors (Lipinski definition) is 2. The van der Waals surface area contributed by atoms with Crippen LogP contribution in [0.15, 0.2) is 42.9 Å². The number of nitrogens with zero attached hydrogens (tertiary/aromatic N) is 2. The third-order valence-electron chi connectivity index (χ3n) is 3.64. The number of carboxylic acid groups (broad SMARTS) is 1. The molecule has 0 spiro atoms. The number of amides is 1. The first-order valence-corrected chi connectivity index (χ1v) is 8.42. The standard InChI is InChI=1S/C16H15N3O4S/c20-14(19-16(15(21)22)4-7-24-10-16)11-2-1-3-12(8-11)23-13-9-17-5-6-18-13/h1-3,5-6,8-9H,4,7,10H2,(H,19,20)(H,21,22). The van der Waals surface area contributed by atoms with Gasteiger partial charge in [-0.2, -0.15) is 11.8 Å². The lowest BCUT2D eigenvalue weighted by Crippen LogP contribution is -2.54. The lowest BCUT2D eigenvalue weighted by molar-refractivity contribution is -0.143. The van der Waals surface area contributed by atoms with Gasteiger partial charge in [-0.3, -0.25) is 9.78 Å². The van der Waals surface area contributed by atoms with E-state index in [0.717, 1.165) is 0 Å². The van der Waals surface area contributed by atoms with Crippen molar-refractivity contribution in [1.29, 1.82) is 0 Å². The highest BCUT2D eigenvalue weighted by Crippen LogP contribution is 2.29. The molecule has 2 heterocycles. The van der Waals surface area contributed by atoms with Crippen LogP contribution >= 0.6 is 11.8 Å². The van der Waals surface area contributed by atoms with Crippen LogP contribution in [0.1, 0.15) is 16.8 Å². The number of aliphatic carboxylic acids is 1. The first-order valence-electron chi connectivity index (χ1n) is 7.27. The molecule has 24 heavy (non-hydrogen) atoms. The Morgan fingerprint density at radius 2 is 2.21 bits per heavy atom. The highest BCUT2D eigenvalue weighted by Gasteiger charge is 2.43. The number of carbonyl (C=O) groups is 2. The number of aromatic nitrogens is 2. The molecule has 7 nitrogen and oxygen atoms in total. The summed E-state index contributed by atoms with van der Waals surface area (Å²) >= 11 is 1.52. The molecule has 0 saturated carbocycles. The summed E-state index contributed by atoms with van der Waals surface area (Å²) in [6.45, 7) is 0. The number of carboxylic acids is 1. The first-order chi connectivity index (χ1) is 11.6. The first kappa shape index (κ1) is 16.3. The normalized spacial score (nSPS) is 19.7. The summed E-state index contributed by atoms with van der Waals surface area (Å²) in [5, 5.41) is 12.1. The average Bonchev–Trinajstić information content (AvgIpc) is 3.06. The zero-order valence-corrected chi connectivity index (χ0v) is 13.5. The van der Waals surface area contributed by atoms with Gasteiger partial charge in [0.05, 0.1) is 6.20 Å². The van der Waals surface area contributed by atoms with E-state index >= 15 is 0 Å². The summed E-state index contributed by atoms with van der Waals surface area (Å²) in [5.74, 6) is 0.363. The number of benzene rings is 1. The van der Waals surface area contributed by atoms with Gasteiger partial charge in [-0.05, 0) is 30.4 Å². The van der Waals surface area contributed by atoms with E-state index in [4.69, 9.17) is 4.74 Å². The van der Waals surface area contributed by atoms with Crippen molar-refractivity contribution in [3.8, 4) is 11.6 Å². The molecule has 1 unspecified atom stereocenters. The second-order valence-electron chi connectivity index (χ2n) is 5.32. The second-order valence-corrected chi connectivity index (χ2v) is 6.42. The maximum atomic E-state index is 12.4. The minimum atomic E-state index is -1.20. The molecule has 1 aromatic heterocycles. The fraction of sp³-hybridized carbons (Fsp3) is 0.250. The van der Waals surface area contributed by atoms with E-state index in [1.807, 2.05) is 0 Å². The maximum Gasteiger partial charge on any atom is 0.330 e. The molecule has 1 amide bonds. The van der Waals surface area contributed by atoms with Gasteiger partial charge in [-0.1, -0.05) is 6.07 Å². The van der Waals surface area contributed by atoms with Crippen LogP contribution in [0.5, 0.6) is 11.6 Å². The van der Waals surface area contributed by atoms with Crippen LogP contribution in [-0.4, -0.2) is 44.0 Å². The monoisotopic (exact) mass is 345 g/mol. The van der Waals surface area contributed by atoms with Crippen molar-refractivity contribution in [2.45, 2.75) is 12.0 Å². The second kappa shape index (κ2) is 6.88. The minimum Gasteiger partial charge on any atom is -0.479 e. The zero-order chi connectivity index (χ0) is 17.0. The molecule has 1 aromatic carbocycles. The van der Waals surface area contributed by atoms with E-state index in [1.165, 1.54) is 30.4 Å². The van der Waals surface area contributed by atoms with Gasteiger partial charge in [0, 0.05) is 23.7 Å². The van der Waals surface area contributed by atoms with Crippen molar-refractivity contribution in [2.75, 3.05) is 11.5 Å². The fourth-order valence-electron chi connectivity index (χ4n) is 2.33. The summed E-state index contributed by atoms with van der Waals surface area (Å²) < 4.78 is 5.54. The van der Waals surface area contributed by atoms with Gasteiger partial charge in [0.1, 0.15) is 11.3 Å². The molecule has 1 aliphatic heterocycles. The Labute approximate surface area is 142 Å². The Balaban J connectivity index is 1.76. The van der Waals surface area contributed by atoms with Gasteiger partial charge in [-0.15, -0.1) is 0 Å². The van der Waals surface area contributed by atoms with Crippen molar-refractivity contribution in [2.24, 2.45) is 0 Å². The van der Waals surface area contributed by atoms with Crippen molar-refractivity contribution in [1.82, 2.24) is 15.3 Å². The summed E-state index contributed by atoms with van der Waals surface area (Å²) in [5.41, 5.74) is -0.877. The van der Waals surface area contributed by atoms with Crippen LogP contribution in [0.4, 0.5) is 0 Å². The molecule has 2 aromatic rings. The lowest BCUT2D eigenvalue weighted by Gasteiger charge is -2.24. The molecule has 1 aliphatic rings. The fourth-order valence-corrected chi connectivity index (χ4v) is 3.66. The molecule has 8 heteroatoms. The van der Waals surface area contributed by atoms with Crippen molar-refractivity contribution in [3.63, 3.8) is 0 Å². The van der Waals surface area contributed by atoms with Gasteiger partial charge in [0.2, 0.25) is 5.88 Å². The van der Waals surface area contributed by atoms with E-state index in [2.05, 4.69) is 15.3 Å². The number of nitrogens with one attached hydrogen (secondary N) is 1. The van der Waals surface area contributed by atoms with Gasteiger partial charge in [0.15, 0.2) is 0 Å². The third kappa shape index (κ3) is 3.48. The van der Waals surface area contributed by atoms with Gasteiger partial charge >= 0.3 is 5.97 Å².